The number of hydrogen-bond acceptors (Lipinski definition) is 7. The van der Waals surface area contributed by atoms with Crippen LogP contribution in [0.25, 0.3) is 0 Å². The summed E-state index contributed by atoms with van der Waals surface area (Å²) in [6.45, 7) is 0.431. The van der Waals surface area contributed by atoms with Crippen molar-refractivity contribution in [1.29, 1.82) is 0 Å². The van der Waals surface area contributed by atoms with Gasteiger partial charge in [0, 0.05) is 6.42 Å². The Kier molecular flexibility index (Phi) is 11.3. The predicted octanol–water partition coefficient (Wildman–Crippen LogP) is -2.76. The zero-order valence-corrected chi connectivity index (χ0v) is 14.8. The van der Waals surface area contributed by atoms with Gasteiger partial charge in [0.2, 0.25) is 17.7 Å². The highest BCUT2D eigenvalue weighted by molar-refractivity contribution is 5.94. The molecule has 0 saturated heterocycles. The zero-order valence-electron chi connectivity index (χ0n) is 14.8. The number of hydrogen-bond donors (Lipinski definition) is 7. The summed E-state index contributed by atoms with van der Waals surface area (Å²) >= 11 is 0. The minimum Gasteiger partial charge on any atom is -0.481 e. The van der Waals surface area contributed by atoms with Crippen LogP contribution < -0.4 is 27.8 Å². The fourth-order valence-electron chi connectivity index (χ4n) is 2.12. The highest BCUT2D eigenvalue weighted by atomic mass is 16.4. The van der Waals surface area contributed by atoms with Gasteiger partial charge in [0.1, 0.15) is 12.1 Å². The Bertz CT molecular complexity index is 555. The average molecular weight is 389 g/mol. The van der Waals surface area contributed by atoms with Crippen LogP contribution in [0, 0.1) is 0 Å². The lowest BCUT2D eigenvalue weighted by Gasteiger charge is -2.21. The Hall–Kier alpha value is -2.73. The molecule has 0 radical (unpaired) electrons. The van der Waals surface area contributed by atoms with Crippen LogP contribution >= 0.6 is 0 Å². The molecule has 3 unspecified atom stereocenters. The molecule has 3 atom stereocenters. The van der Waals surface area contributed by atoms with Gasteiger partial charge in [0.25, 0.3) is 0 Å². The minimum atomic E-state index is -1.52. The van der Waals surface area contributed by atoms with E-state index >= 15 is 0 Å². The van der Waals surface area contributed by atoms with Gasteiger partial charge in [0.15, 0.2) is 0 Å². The van der Waals surface area contributed by atoms with Crippen molar-refractivity contribution in [2.75, 3.05) is 6.54 Å². The largest absolute Gasteiger partial charge is 0.481 e. The van der Waals surface area contributed by atoms with E-state index in [1.54, 1.807) is 0 Å². The van der Waals surface area contributed by atoms with Gasteiger partial charge in [0.05, 0.1) is 12.5 Å². The van der Waals surface area contributed by atoms with Gasteiger partial charge in [-0.1, -0.05) is 6.42 Å². The highest BCUT2D eigenvalue weighted by Crippen LogP contribution is 2.03. The lowest BCUT2D eigenvalue weighted by atomic mass is 10.1. The Balaban J connectivity index is 4.96. The van der Waals surface area contributed by atoms with Crippen molar-refractivity contribution in [3.05, 3.63) is 0 Å². The molecule has 0 spiro atoms. The van der Waals surface area contributed by atoms with Gasteiger partial charge in [-0.05, 0) is 25.8 Å². The summed E-state index contributed by atoms with van der Waals surface area (Å²) in [5.41, 5.74) is 16.0. The monoisotopic (exact) mass is 389 g/mol. The Morgan fingerprint density at radius 3 is 1.96 bits per heavy atom. The first-order valence-electron chi connectivity index (χ1n) is 8.37. The summed E-state index contributed by atoms with van der Waals surface area (Å²) in [4.78, 5) is 57.2. The molecule has 12 heteroatoms. The highest BCUT2D eigenvalue weighted by Gasteiger charge is 2.29. The molecular weight excluding hydrogens is 362 g/mol. The van der Waals surface area contributed by atoms with Crippen molar-refractivity contribution >= 4 is 29.7 Å². The van der Waals surface area contributed by atoms with E-state index in [4.69, 9.17) is 27.4 Å². The SMILES string of the molecule is NCCCCC(N)C(=O)NC(CC(=O)O)C(=O)NC(CCC(N)=O)C(=O)O. The maximum Gasteiger partial charge on any atom is 0.326 e. The summed E-state index contributed by atoms with van der Waals surface area (Å²) in [5, 5.41) is 22.3. The molecule has 0 rings (SSSR count). The number of unbranched alkanes of at least 4 members (excludes halogenated alkanes) is 1. The molecule has 0 saturated carbocycles. The van der Waals surface area contributed by atoms with Gasteiger partial charge < -0.3 is 38.0 Å². The van der Waals surface area contributed by atoms with Crippen LogP contribution in [0.3, 0.4) is 0 Å². The molecule has 10 N–H and O–H groups in total. The van der Waals surface area contributed by atoms with Gasteiger partial charge in [-0.25, -0.2) is 4.79 Å². The fourth-order valence-corrected chi connectivity index (χ4v) is 2.12. The number of primary amides is 1. The second-order valence-corrected chi connectivity index (χ2v) is 5.95. The lowest BCUT2D eigenvalue weighted by Crippen LogP contribution is -2.55. The molecule has 0 fully saturated rings. The van der Waals surface area contributed by atoms with E-state index in [1.807, 2.05) is 0 Å². The molecule has 0 aromatic heterocycles. The second-order valence-electron chi connectivity index (χ2n) is 5.95. The molecule has 0 bridgehead atoms. The molecule has 12 nitrogen and oxygen atoms in total. The van der Waals surface area contributed by atoms with Crippen LogP contribution in [0.5, 0.6) is 0 Å². The van der Waals surface area contributed by atoms with E-state index in [1.165, 1.54) is 0 Å². The molecule has 0 aliphatic rings. The van der Waals surface area contributed by atoms with Crippen LogP contribution in [0.2, 0.25) is 0 Å². The molecule has 27 heavy (non-hydrogen) atoms. The molecular formula is C15H27N5O7. The summed E-state index contributed by atoms with van der Waals surface area (Å²) in [6, 6.07) is -3.95. The first-order valence-corrected chi connectivity index (χ1v) is 8.37. The van der Waals surface area contributed by atoms with E-state index in [2.05, 4.69) is 10.6 Å². The number of rotatable bonds is 14. The third-order valence-corrected chi connectivity index (χ3v) is 3.61. The Morgan fingerprint density at radius 1 is 0.889 bits per heavy atom. The third-order valence-electron chi connectivity index (χ3n) is 3.61. The van der Waals surface area contributed by atoms with Gasteiger partial charge in [-0.15, -0.1) is 0 Å². The number of amides is 3. The number of nitrogens with two attached hydrogens (primary N) is 3. The first kappa shape index (κ1) is 24.3. The summed E-state index contributed by atoms with van der Waals surface area (Å²) < 4.78 is 0. The van der Waals surface area contributed by atoms with Crippen molar-refractivity contribution in [3.63, 3.8) is 0 Å². The van der Waals surface area contributed by atoms with E-state index in [0.29, 0.717) is 25.8 Å². The number of carbonyl (C=O) groups excluding carboxylic acids is 3. The van der Waals surface area contributed by atoms with Gasteiger partial charge in [-0.2, -0.15) is 0 Å². The summed E-state index contributed by atoms with van der Waals surface area (Å²) in [5.74, 6) is -5.32. The summed E-state index contributed by atoms with van der Waals surface area (Å²) in [7, 11) is 0. The number of nitrogens with one attached hydrogen (secondary N) is 2. The molecule has 154 valence electrons. The molecule has 3 amide bonds. The maximum atomic E-state index is 12.2. The third kappa shape index (κ3) is 10.8. The number of carboxylic acid groups (broad SMARTS) is 2. The van der Waals surface area contributed by atoms with E-state index in [0.717, 1.165) is 0 Å². The van der Waals surface area contributed by atoms with Gasteiger partial charge in [-0.3, -0.25) is 19.2 Å². The predicted molar refractivity (Wildman–Crippen MR) is 93.1 cm³/mol. The molecule has 0 aromatic rings. The van der Waals surface area contributed by atoms with E-state index in [-0.39, 0.29) is 12.8 Å². The number of aliphatic carboxylic acids is 2. The fraction of sp³-hybridized carbons (Fsp3) is 0.667. The summed E-state index contributed by atoms with van der Waals surface area (Å²) in [6.07, 6.45) is 0.188. The standard InChI is InChI=1S/C15H27N5O7/c16-6-2-1-3-8(17)13(24)20-10(7-12(22)23)14(25)19-9(15(26)27)4-5-11(18)21/h8-10H,1-7,16-17H2,(H2,18,21)(H,19,25)(H,20,24)(H,22,23)(H,26,27). The Morgan fingerprint density at radius 2 is 1.48 bits per heavy atom. The number of carbonyl (C=O) groups is 5. The van der Waals surface area contributed by atoms with Crippen molar-refractivity contribution in [1.82, 2.24) is 10.6 Å². The minimum absolute atomic E-state index is 0.275. The van der Waals surface area contributed by atoms with E-state index < -0.39 is 54.2 Å². The van der Waals surface area contributed by atoms with Crippen LogP contribution in [0.1, 0.15) is 38.5 Å². The quantitative estimate of drug-likeness (QED) is 0.152. The normalized spacial score (nSPS) is 13.9. The Labute approximate surface area is 155 Å². The van der Waals surface area contributed by atoms with Gasteiger partial charge >= 0.3 is 11.9 Å². The molecule has 0 aliphatic carbocycles. The molecule has 0 aliphatic heterocycles. The smallest absolute Gasteiger partial charge is 0.326 e. The maximum absolute atomic E-state index is 12.2. The van der Waals surface area contributed by atoms with Crippen LogP contribution in [0.4, 0.5) is 0 Å². The van der Waals surface area contributed by atoms with Crippen molar-refractivity contribution in [2.24, 2.45) is 17.2 Å². The second kappa shape index (κ2) is 12.6. The average Bonchev–Trinajstić information content (AvgIpc) is 2.56. The van der Waals surface area contributed by atoms with Crippen molar-refractivity contribution in [2.45, 2.75) is 56.7 Å². The van der Waals surface area contributed by atoms with E-state index in [9.17, 15) is 24.0 Å². The lowest BCUT2D eigenvalue weighted by molar-refractivity contribution is -0.143. The topological polar surface area (TPSA) is 228 Å². The number of carboxylic acids is 2. The molecule has 0 heterocycles. The zero-order chi connectivity index (χ0) is 21.0. The van der Waals surface area contributed by atoms with Crippen molar-refractivity contribution < 1.29 is 34.2 Å². The van der Waals surface area contributed by atoms with Crippen LogP contribution in [0.15, 0.2) is 0 Å². The van der Waals surface area contributed by atoms with Crippen molar-refractivity contribution in [3.8, 4) is 0 Å². The van der Waals surface area contributed by atoms with Crippen LogP contribution in [-0.2, 0) is 24.0 Å². The van der Waals surface area contributed by atoms with Crippen LogP contribution in [-0.4, -0.2) is 64.5 Å². The molecule has 0 aromatic carbocycles. The first-order chi connectivity index (χ1) is 12.6.